The first-order valence-corrected chi connectivity index (χ1v) is 6.37. The van der Waals surface area contributed by atoms with Gasteiger partial charge in [0.25, 0.3) is 0 Å². The summed E-state index contributed by atoms with van der Waals surface area (Å²) in [7, 11) is 0. The van der Waals surface area contributed by atoms with E-state index in [4.69, 9.17) is 4.74 Å². The second-order valence-corrected chi connectivity index (χ2v) is 4.81. The van der Waals surface area contributed by atoms with Crippen molar-refractivity contribution in [3.05, 3.63) is 0 Å². The van der Waals surface area contributed by atoms with Crippen molar-refractivity contribution >= 4 is 0 Å². The summed E-state index contributed by atoms with van der Waals surface area (Å²) in [5, 5.41) is 12.7. The number of hydrogen-bond donors (Lipinski definition) is 2. The summed E-state index contributed by atoms with van der Waals surface area (Å²) in [6, 6.07) is 0.192. The van der Waals surface area contributed by atoms with Crippen LogP contribution in [0.1, 0.15) is 27.2 Å². The van der Waals surface area contributed by atoms with Gasteiger partial charge in [-0.15, -0.1) is 0 Å². The Kier molecular flexibility index (Phi) is 6.28. The number of ether oxygens (including phenoxy) is 1. The molecule has 4 heteroatoms. The van der Waals surface area contributed by atoms with Crippen molar-refractivity contribution in [3.8, 4) is 0 Å². The van der Waals surface area contributed by atoms with Crippen molar-refractivity contribution in [2.45, 2.75) is 45.4 Å². The first kappa shape index (κ1) is 13.9. The van der Waals surface area contributed by atoms with Crippen molar-refractivity contribution < 1.29 is 9.84 Å². The molecule has 4 nitrogen and oxygen atoms in total. The van der Waals surface area contributed by atoms with Gasteiger partial charge in [0.2, 0.25) is 0 Å². The molecule has 0 bridgehead atoms. The molecule has 0 aliphatic carbocycles. The topological polar surface area (TPSA) is 44.7 Å². The standard InChI is InChI=1S/C12H26N2O2/c1-4-5-13-12(9-15)8-14-6-10(2)16-11(3)7-14/h10-13,15H,4-9H2,1-3H3/t10-,11+,12?. The van der Waals surface area contributed by atoms with E-state index >= 15 is 0 Å². The number of hydrogen-bond acceptors (Lipinski definition) is 4. The van der Waals surface area contributed by atoms with Crippen LogP contribution < -0.4 is 5.32 Å². The van der Waals surface area contributed by atoms with Crippen LogP contribution in [0.4, 0.5) is 0 Å². The highest BCUT2D eigenvalue weighted by Crippen LogP contribution is 2.10. The van der Waals surface area contributed by atoms with Crippen LogP contribution in [0.3, 0.4) is 0 Å². The minimum Gasteiger partial charge on any atom is -0.395 e. The highest BCUT2D eigenvalue weighted by Gasteiger charge is 2.23. The van der Waals surface area contributed by atoms with Crippen LogP contribution in [0.2, 0.25) is 0 Å². The summed E-state index contributed by atoms with van der Waals surface area (Å²) >= 11 is 0. The van der Waals surface area contributed by atoms with Crippen LogP contribution in [0.25, 0.3) is 0 Å². The Morgan fingerprint density at radius 3 is 2.50 bits per heavy atom. The van der Waals surface area contributed by atoms with Gasteiger partial charge in [-0.1, -0.05) is 6.92 Å². The molecule has 3 atom stereocenters. The molecule has 1 unspecified atom stereocenters. The maximum absolute atomic E-state index is 9.29. The van der Waals surface area contributed by atoms with Gasteiger partial charge < -0.3 is 15.2 Å². The fourth-order valence-electron chi connectivity index (χ4n) is 2.28. The Bertz CT molecular complexity index is 180. The van der Waals surface area contributed by atoms with Crippen LogP contribution >= 0.6 is 0 Å². The molecule has 0 aromatic rings. The number of rotatable bonds is 6. The van der Waals surface area contributed by atoms with Crippen LogP contribution in [-0.2, 0) is 4.74 Å². The van der Waals surface area contributed by atoms with E-state index in [9.17, 15) is 5.11 Å². The minimum absolute atomic E-state index is 0.192. The lowest BCUT2D eigenvalue weighted by molar-refractivity contribution is -0.0709. The van der Waals surface area contributed by atoms with Crippen LogP contribution in [-0.4, -0.2) is 61.0 Å². The molecule has 2 N–H and O–H groups in total. The number of nitrogens with one attached hydrogen (secondary N) is 1. The normalized spacial score (nSPS) is 29.2. The molecule has 0 radical (unpaired) electrons. The summed E-state index contributed by atoms with van der Waals surface area (Å²) in [5.74, 6) is 0. The summed E-state index contributed by atoms with van der Waals surface area (Å²) in [4.78, 5) is 2.38. The number of aliphatic hydroxyl groups is 1. The van der Waals surface area contributed by atoms with Gasteiger partial charge in [-0.25, -0.2) is 0 Å². The predicted octanol–water partition coefficient (Wildman–Crippen LogP) is 0.456. The third-order valence-corrected chi connectivity index (χ3v) is 2.88. The first-order valence-electron chi connectivity index (χ1n) is 6.37. The van der Waals surface area contributed by atoms with Gasteiger partial charge in [0.15, 0.2) is 0 Å². The maximum Gasteiger partial charge on any atom is 0.0678 e. The van der Waals surface area contributed by atoms with E-state index in [1.807, 2.05) is 0 Å². The molecule has 0 aromatic heterocycles. The van der Waals surface area contributed by atoms with Crippen molar-refractivity contribution in [1.29, 1.82) is 0 Å². The zero-order valence-corrected chi connectivity index (χ0v) is 10.8. The van der Waals surface area contributed by atoms with E-state index in [-0.39, 0.29) is 12.6 Å². The molecule has 1 saturated heterocycles. The van der Waals surface area contributed by atoms with Crippen LogP contribution in [0, 0.1) is 0 Å². The summed E-state index contributed by atoms with van der Waals surface area (Å²) in [6.07, 6.45) is 1.70. The van der Waals surface area contributed by atoms with E-state index in [0.717, 1.165) is 32.6 Å². The Balaban J connectivity index is 2.32. The molecule has 1 aliphatic heterocycles. The predicted molar refractivity (Wildman–Crippen MR) is 65.6 cm³/mol. The average Bonchev–Trinajstić information content (AvgIpc) is 2.22. The second kappa shape index (κ2) is 7.22. The molecule has 1 fully saturated rings. The Morgan fingerprint density at radius 1 is 1.38 bits per heavy atom. The lowest BCUT2D eigenvalue weighted by Gasteiger charge is -2.37. The van der Waals surface area contributed by atoms with Gasteiger partial charge in [-0.05, 0) is 26.8 Å². The third-order valence-electron chi connectivity index (χ3n) is 2.88. The van der Waals surface area contributed by atoms with Gasteiger partial charge >= 0.3 is 0 Å². The monoisotopic (exact) mass is 230 g/mol. The molecule has 0 spiro atoms. The molecular formula is C12H26N2O2. The van der Waals surface area contributed by atoms with E-state index < -0.39 is 0 Å². The zero-order chi connectivity index (χ0) is 12.0. The lowest BCUT2D eigenvalue weighted by Crippen LogP contribution is -2.51. The number of aliphatic hydroxyl groups excluding tert-OH is 1. The average molecular weight is 230 g/mol. The van der Waals surface area contributed by atoms with Crippen molar-refractivity contribution in [2.24, 2.45) is 0 Å². The van der Waals surface area contributed by atoms with Gasteiger partial charge in [0, 0.05) is 25.7 Å². The van der Waals surface area contributed by atoms with Crippen LogP contribution in [0.5, 0.6) is 0 Å². The summed E-state index contributed by atoms with van der Waals surface area (Å²) in [5.41, 5.74) is 0. The van der Waals surface area contributed by atoms with E-state index in [2.05, 4.69) is 31.0 Å². The van der Waals surface area contributed by atoms with Crippen molar-refractivity contribution in [1.82, 2.24) is 10.2 Å². The van der Waals surface area contributed by atoms with Gasteiger partial charge in [0.05, 0.1) is 18.8 Å². The molecule has 0 amide bonds. The Morgan fingerprint density at radius 2 is 2.00 bits per heavy atom. The third kappa shape index (κ3) is 4.78. The van der Waals surface area contributed by atoms with Crippen molar-refractivity contribution in [2.75, 3.05) is 32.8 Å². The molecule has 1 rings (SSSR count). The van der Waals surface area contributed by atoms with Crippen LogP contribution in [0.15, 0.2) is 0 Å². The molecule has 96 valence electrons. The fourth-order valence-corrected chi connectivity index (χ4v) is 2.28. The quantitative estimate of drug-likeness (QED) is 0.696. The molecule has 0 aromatic carbocycles. The van der Waals surface area contributed by atoms with Gasteiger partial charge in [-0.3, -0.25) is 4.90 Å². The number of morpholine rings is 1. The molecule has 1 aliphatic rings. The SMILES string of the molecule is CCCNC(CO)CN1C[C@@H](C)O[C@@H](C)C1. The highest BCUT2D eigenvalue weighted by atomic mass is 16.5. The van der Waals surface area contributed by atoms with E-state index in [1.165, 1.54) is 0 Å². The second-order valence-electron chi connectivity index (χ2n) is 4.81. The smallest absolute Gasteiger partial charge is 0.0678 e. The van der Waals surface area contributed by atoms with E-state index in [0.29, 0.717) is 12.2 Å². The summed E-state index contributed by atoms with van der Waals surface area (Å²) < 4.78 is 5.69. The molecule has 1 heterocycles. The van der Waals surface area contributed by atoms with Crippen molar-refractivity contribution in [3.63, 3.8) is 0 Å². The number of nitrogens with zero attached hydrogens (tertiary/aromatic N) is 1. The largest absolute Gasteiger partial charge is 0.395 e. The first-order chi connectivity index (χ1) is 7.65. The van der Waals surface area contributed by atoms with E-state index in [1.54, 1.807) is 0 Å². The fraction of sp³-hybridized carbons (Fsp3) is 1.00. The lowest BCUT2D eigenvalue weighted by atomic mass is 10.2. The Labute approximate surface area is 99.0 Å². The molecule has 0 saturated carbocycles. The maximum atomic E-state index is 9.29. The Hall–Kier alpha value is -0.160. The van der Waals surface area contributed by atoms with Gasteiger partial charge in [0.1, 0.15) is 0 Å². The molecular weight excluding hydrogens is 204 g/mol. The minimum atomic E-state index is 0.192. The molecule has 16 heavy (non-hydrogen) atoms. The zero-order valence-electron chi connectivity index (χ0n) is 10.8. The van der Waals surface area contributed by atoms with Gasteiger partial charge in [-0.2, -0.15) is 0 Å². The highest BCUT2D eigenvalue weighted by molar-refractivity contribution is 4.78. The summed E-state index contributed by atoms with van der Waals surface area (Å²) in [6.45, 7) is 10.4.